The molecule has 1 aliphatic carbocycles. The standard InChI is InChI=1S/C15H20N2O3/c18-14(9-8-12-5-3-4-10-16-12)17(11-15(19)20)13-6-1-2-7-13/h3-5,10,13H,1-2,6-9,11H2,(H,19,20). The highest BCUT2D eigenvalue weighted by molar-refractivity contribution is 5.81. The fraction of sp³-hybridized carbons (Fsp3) is 0.533. The molecule has 0 saturated heterocycles. The zero-order chi connectivity index (χ0) is 14.4. The summed E-state index contributed by atoms with van der Waals surface area (Å²) in [6.45, 7) is -0.189. The predicted molar refractivity (Wildman–Crippen MR) is 74.2 cm³/mol. The van der Waals surface area contributed by atoms with Crippen molar-refractivity contribution in [3.8, 4) is 0 Å². The summed E-state index contributed by atoms with van der Waals surface area (Å²) in [5, 5.41) is 8.97. The van der Waals surface area contributed by atoms with Gasteiger partial charge in [-0.3, -0.25) is 14.6 Å². The van der Waals surface area contributed by atoms with Crippen molar-refractivity contribution >= 4 is 11.9 Å². The minimum Gasteiger partial charge on any atom is -0.480 e. The van der Waals surface area contributed by atoms with Crippen LogP contribution in [0.1, 0.15) is 37.8 Å². The lowest BCUT2D eigenvalue weighted by molar-refractivity contribution is -0.146. The number of amides is 1. The molecule has 0 bridgehead atoms. The van der Waals surface area contributed by atoms with Crippen LogP contribution in [0.2, 0.25) is 0 Å². The Hall–Kier alpha value is -1.91. The summed E-state index contributed by atoms with van der Waals surface area (Å²) in [6.07, 6.45) is 6.57. The second kappa shape index (κ2) is 7.03. The van der Waals surface area contributed by atoms with Gasteiger partial charge < -0.3 is 10.0 Å². The van der Waals surface area contributed by atoms with Gasteiger partial charge in [0, 0.05) is 24.4 Å². The fourth-order valence-electron chi connectivity index (χ4n) is 2.71. The molecule has 1 fully saturated rings. The van der Waals surface area contributed by atoms with E-state index in [2.05, 4.69) is 4.98 Å². The first-order chi connectivity index (χ1) is 9.66. The molecule has 1 saturated carbocycles. The van der Waals surface area contributed by atoms with Crippen molar-refractivity contribution in [2.75, 3.05) is 6.54 Å². The molecule has 1 amide bonds. The van der Waals surface area contributed by atoms with E-state index in [-0.39, 0.29) is 18.5 Å². The SMILES string of the molecule is O=C(O)CN(C(=O)CCc1ccccn1)C1CCCC1. The number of pyridine rings is 1. The smallest absolute Gasteiger partial charge is 0.323 e. The van der Waals surface area contributed by atoms with Crippen molar-refractivity contribution < 1.29 is 14.7 Å². The van der Waals surface area contributed by atoms with Gasteiger partial charge in [-0.15, -0.1) is 0 Å². The first-order valence-electron chi connectivity index (χ1n) is 7.08. The number of hydrogen-bond donors (Lipinski definition) is 1. The normalized spacial score (nSPS) is 15.2. The number of carboxylic acids is 1. The number of hydrogen-bond acceptors (Lipinski definition) is 3. The lowest BCUT2D eigenvalue weighted by atomic mass is 10.1. The van der Waals surface area contributed by atoms with Crippen LogP contribution in [0.15, 0.2) is 24.4 Å². The maximum Gasteiger partial charge on any atom is 0.323 e. The van der Waals surface area contributed by atoms with Crippen LogP contribution in [0.3, 0.4) is 0 Å². The molecule has 0 aliphatic heterocycles. The predicted octanol–water partition coefficient (Wildman–Crippen LogP) is 1.87. The second-order valence-corrected chi connectivity index (χ2v) is 5.17. The van der Waals surface area contributed by atoms with Crippen molar-refractivity contribution in [2.45, 2.75) is 44.6 Å². The molecule has 5 nitrogen and oxygen atoms in total. The van der Waals surface area contributed by atoms with Gasteiger partial charge in [-0.25, -0.2) is 0 Å². The van der Waals surface area contributed by atoms with Gasteiger partial charge in [0.1, 0.15) is 6.54 Å². The average molecular weight is 276 g/mol. The molecule has 0 spiro atoms. The third kappa shape index (κ3) is 4.05. The van der Waals surface area contributed by atoms with E-state index in [0.717, 1.165) is 31.4 Å². The number of rotatable bonds is 6. The zero-order valence-corrected chi connectivity index (χ0v) is 11.5. The van der Waals surface area contributed by atoms with Crippen LogP contribution >= 0.6 is 0 Å². The van der Waals surface area contributed by atoms with E-state index >= 15 is 0 Å². The zero-order valence-electron chi connectivity index (χ0n) is 11.5. The first kappa shape index (κ1) is 14.5. The van der Waals surface area contributed by atoms with Crippen molar-refractivity contribution in [3.63, 3.8) is 0 Å². The minimum absolute atomic E-state index is 0.0787. The molecule has 20 heavy (non-hydrogen) atoms. The van der Waals surface area contributed by atoms with Gasteiger partial charge in [-0.1, -0.05) is 18.9 Å². The van der Waals surface area contributed by atoms with E-state index in [1.165, 1.54) is 4.90 Å². The number of aromatic nitrogens is 1. The summed E-state index contributed by atoms with van der Waals surface area (Å²) in [6, 6.07) is 5.70. The van der Waals surface area contributed by atoms with Gasteiger partial charge in [-0.05, 0) is 31.4 Å². The number of carbonyl (C=O) groups excluding carboxylic acids is 1. The van der Waals surface area contributed by atoms with Crippen LogP contribution in [-0.2, 0) is 16.0 Å². The Kier molecular flexibility index (Phi) is 5.09. The molecule has 2 rings (SSSR count). The van der Waals surface area contributed by atoms with Crippen LogP contribution in [0.5, 0.6) is 0 Å². The highest BCUT2D eigenvalue weighted by Gasteiger charge is 2.27. The van der Waals surface area contributed by atoms with Gasteiger partial charge >= 0.3 is 5.97 Å². The van der Waals surface area contributed by atoms with Crippen LogP contribution in [0.4, 0.5) is 0 Å². The Labute approximate surface area is 118 Å². The molecule has 1 heterocycles. The summed E-state index contributed by atoms with van der Waals surface area (Å²) in [7, 11) is 0. The Morgan fingerprint density at radius 3 is 2.65 bits per heavy atom. The van der Waals surface area contributed by atoms with E-state index in [0.29, 0.717) is 12.8 Å². The highest BCUT2D eigenvalue weighted by Crippen LogP contribution is 2.24. The molecular formula is C15H20N2O3. The fourth-order valence-corrected chi connectivity index (χ4v) is 2.71. The Bertz CT molecular complexity index is 455. The Balaban J connectivity index is 1.93. The topological polar surface area (TPSA) is 70.5 Å². The molecule has 1 aliphatic rings. The lowest BCUT2D eigenvalue weighted by Gasteiger charge is -2.27. The highest BCUT2D eigenvalue weighted by atomic mass is 16.4. The molecule has 108 valence electrons. The van der Waals surface area contributed by atoms with Gasteiger partial charge in [0.25, 0.3) is 0 Å². The maximum absolute atomic E-state index is 12.3. The summed E-state index contributed by atoms with van der Waals surface area (Å²) in [5.41, 5.74) is 0.863. The molecule has 0 atom stereocenters. The van der Waals surface area contributed by atoms with Crippen LogP contribution in [0.25, 0.3) is 0 Å². The van der Waals surface area contributed by atoms with E-state index in [1.807, 2.05) is 18.2 Å². The van der Waals surface area contributed by atoms with E-state index in [4.69, 9.17) is 5.11 Å². The molecule has 0 unspecified atom stereocenters. The number of nitrogens with zero attached hydrogens (tertiary/aromatic N) is 2. The summed E-state index contributed by atoms with van der Waals surface area (Å²) >= 11 is 0. The third-order valence-electron chi connectivity index (χ3n) is 3.71. The van der Waals surface area contributed by atoms with Crippen LogP contribution < -0.4 is 0 Å². The summed E-state index contributed by atoms with van der Waals surface area (Å²) in [5.74, 6) is -1.02. The maximum atomic E-state index is 12.3. The first-order valence-corrected chi connectivity index (χ1v) is 7.08. The number of carboxylic acid groups (broad SMARTS) is 1. The summed E-state index contributed by atoms with van der Waals surface area (Å²) < 4.78 is 0. The molecule has 1 aromatic heterocycles. The molecule has 1 aromatic rings. The minimum atomic E-state index is -0.942. The quantitative estimate of drug-likeness (QED) is 0.861. The largest absolute Gasteiger partial charge is 0.480 e. The van der Waals surface area contributed by atoms with E-state index in [9.17, 15) is 9.59 Å². The van der Waals surface area contributed by atoms with Gasteiger partial charge in [0.15, 0.2) is 0 Å². The number of carbonyl (C=O) groups is 2. The van der Waals surface area contributed by atoms with Gasteiger partial charge in [-0.2, -0.15) is 0 Å². The molecule has 5 heteroatoms. The number of aliphatic carboxylic acids is 1. The molecule has 0 aromatic carbocycles. The van der Waals surface area contributed by atoms with E-state index < -0.39 is 5.97 Å². The lowest BCUT2D eigenvalue weighted by Crippen LogP contribution is -2.42. The summed E-state index contributed by atoms with van der Waals surface area (Å²) in [4.78, 5) is 28.9. The molecular weight excluding hydrogens is 256 g/mol. The molecule has 0 radical (unpaired) electrons. The Morgan fingerprint density at radius 1 is 1.30 bits per heavy atom. The monoisotopic (exact) mass is 276 g/mol. The number of aryl methyl sites for hydroxylation is 1. The van der Waals surface area contributed by atoms with Crippen molar-refractivity contribution in [1.82, 2.24) is 9.88 Å². The van der Waals surface area contributed by atoms with Gasteiger partial charge in [0.2, 0.25) is 5.91 Å². The average Bonchev–Trinajstić information content (AvgIpc) is 2.97. The van der Waals surface area contributed by atoms with E-state index in [1.54, 1.807) is 6.20 Å². The van der Waals surface area contributed by atoms with Crippen molar-refractivity contribution in [1.29, 1.82) is 0 Å². The van der Waals surface area contributed by atoms with Crippen LogP contribution in [-0.4, -0.2) is 39.5 Å². The Morgan fingerprint density at radius 2 is 2.05 bits per heavy atom. The van der Waals surface area contributed by atoms with Crippen molar-refractivity contribution in [3.05, 3.63) is 30.1 Å². The molecule has 1 N–H and O–H groups in total. The van der Waals surface area contributed by atoms with Gasteiger partial charge in [0.05, 0.1) is 0 Å². The second-order valence-electron chi connectivity index (χ2n) is 5.17. The third-order valence-corrected chi connectivity index (χ3v) is 3.71. The van der Waals surface area contributed by atoms with Crippen LogP contribution in [0, 0.1) is 0 Å². The van der Waals surface area contributed by atoms with Crippen molar-refractivity contribution in [2.24, 2.45) is 0 Å².